The Labute approximate surface area is 107 Å². The first kappa shape index (κ1) is 12.1. The molecule has 2 rings (SSSR count). The highest BCUT2D eigenvalue weighted by molar-refractivity contribution is 7.22. The standard InChI is InChI=1S/C11H12N2O2S2/c1-5(2)7-8(12)10(11(14)15)17-9(7)6-3-13-4-16-6/h3-5H,12H2,1-2H3,(H,14,15). The lowest BCUT2D eigenvalue weighted by atomic mass is 10.0. The molecule has 6 heteroatoms. The Hall–Kier alpha value is -1.40. The third kappa shape index (κ3) is 2.05. The average Bonchev–Trinajstić information content (AvgIpc) is 2.82. The highest BCUT2D eigenvalue weighted by atomic mass is 32.1. The Morgan fingerprint density at radius 2 is 2.24 bits per heavy atom. The van der Waals surface area contributed by atoms with Gasteiger partial charge in [0.25, 0.3) is 0 Å². The van der Waals surface area contributed by atoms with Crippen molar-refractivity contribution in [2.75, 3.05) is 5.73 Å². The van der Waals surface area contributed by atoms with Gasteiger partial charge < -0.3 is 10.8 Å². The predicted molar refractivity (Wildman–Crippen MR) is 70.9 cm³/mol. The van der Waals surface area contributed by atoms with Gasteiger partial charge in [-0.05, 0) is 11.5 Å². The summed E-state index contributed by atoms with van der Waals surface area (Å²) in [5.41, 5.74) is 8.96. The van der Waals surface area contributed by atoms with E-state index in [9.17, 15) is 4.79 Å². The van der Waals surface area contributed by atoms with Gasteiger partial charge >= 0.3 is 5.97 Å². The van der Waals surface area contributed by atoms with Crippen molar-refractivity contribution < 1.29 is 9.90 Å². The van der Waals surface area contributed by atoms with Crippen molar-refractivity contribution in [3.05, 3.63) is 22.1 Å². The summed E-state index contributed by atoms with van der Waals surface area (Å²) in [5, 5.41) is 9.10. The molecule has 0 aliphatic heterocycles. The van der Waals surface area contributed by atoms with Crippen LogP contribution in [-0.2, 0) is 0 Å². The molecule has 0 unspecified atom stereocenters. The zero-order valence-electron chi connectivity index (χ0n) is 9.43. The summed E-state index contributed by atoms with van der Waals surface area (Å²) in [6.07, 6.45) is 1.74. The van der Waals surface area contributed by atoms with Gasteiger partial charge in [-0.25, -0.2) is 4.79 Å². The van der Waals surface area contributed by atoms with Gasteiger partial charge in [-0.2, -0.15) is 0 Å². The molecule has 2 heterocycles. The fourth-order valence-corrected chi connectivity index (χ4v) is 3.66. The Morgan fingerprint density at radius 1 is 1.53 bits per heavy atom. The van der Waals surface area contributed by atoms with E-state index in [1.54, 1.807) is 11.7 Å². The minimum atomic E-state index is -0.967. The number of hydrogen-bond donors (Lipinski definition) is 2. The van der Waals surface area contributed by atoms with E-state index in [2.05, 4.69) is 4.98 Å². The van der Waals surface area contributed by atoms with Crippen molar-refractivity contribution in [2.45, 2.75) is 19.8 Å². The third-order valence-electron chi connectivity index (χ3n) is 2.41. The maximum absolute atomic E-state index is 11.1. The number of aromatic carboxylic acids is 1. The minimum Gasteiger partial charge on any atom is -0.477 e. The third-order valence-corrected chi connectivity index (χ3v) is 4.57. The number of thiophene rings is 1. The van der Waals surface area contributed by atoms with Gasteiger partial charge in [0.15, 0.2) is 0 Å². The van der Waals surface area contributed by atoms with Crippen LogP contribution >= 0.6 is 22.7 Å². The van der Waals surface area contributed by atoms with Gasteiger partial charge in [-0.15, -0.1) is 22.7 Å². The molecule has 0 spiro atoms. The van der Waals surface area contributed by atoms with Crippen molar-refractivity contribution >= 4 is 34.3 Å². The molecular weight excluding hydrogens is 256 g/mol. The second-order valence-corrected chi connectivity index (χ2v) is 5.82. The van der Waals surface area contributed by atoms with Crippen LogP contribution in [0.1, 0.15) is 35.0 Å². The molecule has 90 valence electrons. The number of aromatic nitrogens is 1. The highest BCUT2D eigenvalue weighted by Gasteiger charge is 2.23. The molecule has 0 atom stereocenters. The Morgan fingerprint density at radius 3 is 2.71 bits per heavy atom. The van der Waals surface area contributed by atoms with E-state index in [1.165, 1.54) is 22.7 Å². The lowest BCUT2D eigenvalue weighted by Crippen LogP contribution is -2.00. The van der Waals surface area contributed by atoms with E-state index in [-0.39, 0.29) is 10.8 Å². The zero-order valence-corrected chi connectivity index (χ0v) is 11.1. The maximum Gasteiger partial charge on any atom is 0.348 e. The summed E-state index contributed by atoms with van der Waals surface area (Å²) in [6.45, 7) is 4.02. The number of carboxylic acids is 1. The largest absolute Gasteiger partial charge is 0.477 e. The van der Waals surface area contributed by atoms with Crippen LogP contribution in [0.25, 0.3) is 9.75 Å². The van der Waals surface area contributed by atoms with Crippen molar-refractivity contribution in [2.24, 2.45) is 0 Å². The minimum absolute atomic E-state index is 0.191. The molecule has 0 bridgehead atoms. The number of nitrogens with zero attached hydrogens (tertiary/aromatic N) is 1. The molecule has 17 heavy (non-hydrogen) atoms. The van der Waals surface area contributed by atoms with E-state index >= 15 is 0 Å². The Kier molecular flexibility index (Phi) is 3.17. The van der Waals surface area contributed by atoms with Crippen LogP contribution in [0.2, 0.25) is 0 Å². The van der Waals surface area contributed by atoms with Crippen LogP contribution in [0, 0.1) is 0 Å². The van der Waals surface area contributed by atoms with Gasteiger partial charge in [0.1, 0.15) is 4.88 Å². The van der Waals surface area contributed by atoms with Gasteiger partial charge in [-0.1, -0.05) is 13.8 Å². The van der Waals surface area contributed by atoms with Crippen molar-refractivity contribution in [3.63, 3.8) is 0 Å². The first-order chi connectivity index (χ1) is 8.02. The Bertz CT molecular complexity index is 544. The smallest absolute Gasteiger partial charge is 0.348 e. The molecule has 2 aromatic rings. The molecular formula is C11H12N2O2S2. The number of nitrogens with two attached hydrogens (primary N) is 1. The number of nitrogen functional groups attached to an aromatic ring is 1. The molecule has 4 nitrogen and oxygen atoms in total. The quantitative estimate of drug-likeness (QED) is 0.895. The average molecular weight is 268 g/mol. The SMILES string of the molecule is CC(C)c1c(-c2cncs2)sc(C(=O)O)c1N. The number of carboxylic acid groups (broad SMARTS) is 1. The van der Waals surface area contributed by atoms with E-state index in [0.29, 0.717) is 5.69 Å². The van der Waals surface area contributed by atoms with Crippen molar-refractivity contribution in [3.8, 4) is 9.75 Å². The van der Waals surface area contributed by atoms with Gasteiger partial charge in [0.2, 0.25) is 0 Å². The Balaban J connectivity index is 2.66. The topological polar surface area (TPSA) is 76.2 Å². The summed E-state index contributed by atoms with van der Waals surface area (Å²) >= 11 is 2.72. The van der Waals surface area contributed by atoms with Crippen LogP contribution in [-0.4, -0.2) is 16.1 Å². The lowest BCUT2D eigenvalue weighted by Gasteiger charge is -2.06. The first-order valence-electron chi connectivity index (χ1n) is 5.06. The highest BCUT2D eigenvalue weighted by Crippen LogP contribution is 2.43. The second kappa shape index (κ2) is 4.46. The monoisotopic (exact) mass is 268 g/mol. The van der Waals surface area contributed by atoms with Crippen LogP contribution in [0.3, 0.4) is 0 Å². The summed E-state index contributed by atoms with van der Waals surface area (Å²) < 4.78 is 0. The summed E-state index contributed by atoms with van der Waals surface area (Å²) in [5.74, 6) is -0.776. The van der Waals surface area contributed by atoms with Crippen LogP contribution in [0.4, 0.5) is 5.69 Å². The molecule has 0 saturated carbocycles. The molecule has 0 aliphatic rings. The van der Waals surface area contributed by atoms with Gasteiger partial charge in [-0.3, -0.25) is 4.98 Å². The second-order valence-electron chi connectivity index (χ2n) is 3.91. The molecule has 0 aliphatic carbocycles. The van der Waals surface area contributed by atoms with Crippen molar-refractivity contribution in [1.82, 2.24) is 4.98 Å². The lowest BCUT2D eigenvalue weighted by molar-refractivity contribution is 0.0703. The molecule has 0 saturated heterocycles. The maximum atomic E-state index is 11.1. The number of thiazole rings is 1. The molecule has 3 N–H and O–H groups in total. The molecule has 0 fully saturated rings. The normalized spacial score (nSPS) is 11.0. The zero-order chi connectivity index (χ0) is 12.6. The molecule has 0 radical (unpaired) electrons. The number of carbonyl (C=O) groups is 1. The van der Waals surface area contributed by atoms with Gasteiger partial charge in [0.05, 0.1) is 21.0 Å². The summed E-state index contributed by atoms with van der Waals surface area (Å²) in [6, 6.07) is 0. The van der Waals surface area contributed by atoms with Crippen LogP contribution < -0.4 is 5.73 Å². The fraction of sp³-hybridized carbons (Fsp3) is 0.273. The number of anilines is 1. The predicted octanol–water partition coefficient (Wildman–Crippen LogP) is 3.28. The van der Waals surface area contributed by atoms with Crippen LogP contribution in [0.5, 0.6) is 0 Å². The van der Waals surface area contributed by atoms with E-state index in [0.717, 1.165) is 15.3 Å². The fourth-order valence-electron chi connectivity index (χ4n) is 1.70. The molecule has 0 amide bonds. The number of rotatable bonds is 3. The van der Waals surface area contributed by atoms with E-state index in [4.69, 9.17) is 10.8 Å². The summed E-state index contributed by atoms with van der Waals surface area (Å²) in [7, 11) is 0. The first-order valence-corrected chi connectivity index (χ1v) is 6.76. The molecule has 2 aromatic heterocycles. The number of hydrogen-bond acceptors (Lipinski definition) is 5. The molecule has 0 aromatic carbocycles. The summed E-state index contributed by atoms with van der Waals surface area (Å²) in [4.78, 5) is 17.2. The van der Waals surface area contributed by atoms with Gasteiger partial charge in [0, 0.05) is 6.20 Å². The van der Waals surface area contributed by atoms with Crippen molar-refractivity contribution in [1.29, 1.82) is 0 Å². The van der Waals surface area contributed by atoms with Crippen LogP contribution in [0.15, 0.2) is 11.7 Å². The van der Waals surface area contributed by atoms with E-state index < -0.39 is 5.97 Å². The van der Waals surface area contributed by atoms with E-state index in [1.807, 2.05) is 13.8 Å².